The van der Waals surface area contributed by atoms with Gasteiger partial charge in [-0.3, -0.25) is 4.68 Å². The van der Waals surface area contributed by atoms with Crippen LogP contribution in [0.1, 0.15) is 35.7 Å². The summed E-state index contributed by atoms with van der Waals surface area (Å²) in [6, 6.07) is 5.94. The van der Waals surface area contributed by atoms with Crippen molar-refractivity contribution in [2.75, 3.05) is 11.4 Å². The molecule has 0 spiro atoms. The average Bonchev–Trinajstić information content (AvgIpc) is 3.04. The lowest BCUT2D eigenvalue weighted by molar-refractivity contribution is 0.705. The van der Waals surface area contributed by atoms with E-state index in [9.17, 15) is 5.26 Å². The van der Waals surface area contributed by atoms with Crippen molar-refractivity contribution in [2.24, 2.45) is 7.05 Å². The first kappa shape index (κ1) is 13.9. The van der Waals surface area contributed by atoms with Gasteiger partial charge in [0.05, 0.1) is 17.3 Å². The lowest BCUT2D eigenvalue weighted by Crippen LogP contribution is -2.25. The minimum Gasteiger partial charge on any atom is -0.348 e. The SMILES string of the molecule is Cc1nn(C)c(Cl)c1[C@@H]1CCCN1c1ncccc1C#N. The zero-order chi connectivity index (χ0) is 15.0. The molecule has 6 heteroatoms. The Morgan fingerprint density at radius 2 is 2.29 bits per heavy atom. The highest BCUT2D eigenvalue weighted by Gasteiger charge is 2.32. The highest BCUT2D eigenvalue weighted by molar-refractivity contribution is 6.30. The Hall–Kier alpha value is -2.06. The fourth-order valence-corrected chi connectivity index (χ4v) is 3.36. The number of anilines is 1. The summed E-state index contributed by atoms with van der Waals surface area (Å²) in [5, 5.41) is 14.4. The molecule has 2 aromatic heterocycles. The van der Waals surface area contributed by atoms with E-state index < -0.39 is 0 Å². The van der Waals surface area contributed by atoms with Crippen LogP contribution in [0.3, 0.4) is 0 Å². The third-order valence-electron chi connectivity index (χ3n) is 3.96. The molecule has 1 atom stereocenters. The molecule has 108 valence electrons. The van der Waals surface area contributed by atoms with Gasteiger partial charge in [-0.15, -0.1) is 0 Å². The van der Waals surface area contributed by atoms with Gasteiger partial charge in [0.2, 0.25) is 0 Å². The molecule has 0 aromatic carbocycles. The van der Waals surface area contributed by atoms with E-state index in [1.807, 2.05) is 14.0 Å². The Morgan fingerprint density at radius 1 is 1.48 bits per heavy atom. The van der Waals surface area contributed by atoms with Gasteiger partial charge in [0, 0.05) is 25.4 Å². The summed E-state index contributed by atoms with van der Waals surface area (Å²) in [6.45, 7) is 2.85. The molecule has 21 heavy (non-hydrogen) atoms. The van der Waals surface area contributed by atoms with Gasteiger partial charge in [0.1, 0.15) is 17.0 Å². The van der Waals surface area contributed by atoms with E-state index in [-0.39, 0.29) is 6.04 Å². The third-order valence-corrected chi connectivity index (χ3v) is 4.41. The van der Waals surface area contributed by atoms with Crippen molar-refractivity contribution in [3.8, 4) is 6.07 Å². The van der Waals surface area contributed by atoms with Gasteiger partial charge in [-0.25, -0.2) is 4.98 Å². The van der Waals surface area contributed by atoms with Crippen molar-refractivity contribution < 1.29 is 0 Å². The second kappa shape index (κ2) is 5.38. The maximum absolute atomic E-state index is 9.29. The number of rotatable bonds is 2. The first-order chi connectivity index (χ1) is 10.1. The Morgan fingerprint density at radius 3 is 2.95 bits per heavy atom. The standard InChI is InChI=1S/C15H16ClN5/c1-10-13(14(16)20(2)19-10)12-6-4-8-21(12)15-11(9-17)5-3-7-18-15/h3,5,7,12H,4,6,8H2,1-2H3/t12-/m0/s1. The zero-order valence-corrected chi connectivity index (χ0v) is 12.8. The number of aryl methyl sites for hydroxylation is 2. The number of pyridine rings is 1. The van der Waals surface area contributed by atoms with Crippen LogP contribution in [-0.2, 0) is 7.05 Å². The summed E-state index contributed by atoms with van der Waals surface area (Å²) in [6.07, 6.45) is 3.77. The normalized spacial score (nSPS) is 18.0. The molecular formula is C15H16ClN5. The van der Waals surface area contributed by atoms with Crippen molar-refractivity contribution in [2.45, 2.75) is 25.8 Å². The molecule has 2 aromatic rings. The smallest absolute Gasteiger partial charge is 0.146 e. The van der Waals surface area contributed by atoms with Crippen molar-refractivity contribution in [1.29, 1.82) is 5.26 Å². The molecule has 1 saturated heterocycles. The van der Waals surface area contributed by atoms with E-state index in [1.54, 1.807) is 23.0 Å². The highest BCUT2D eigenvalue weighted by Crippen LogP contribution is 2.40. The summed E-state index contributed by atoms with van der Waals surface area (Å²) in [5.41, 5.74) is 2.59. The second-order valence-electron chi connectivity index (χ2n) is 5.25. The van der Waals surface area contributed by atoms with Gasteiger partial charge in [0.15, 0.2) is 0 Å². The lowest BCUT2D eigenvalue weighted by Gasteiger charge is -2.26. The molecular weight excluding hydrogens is 286 g/mol. The van der Waals surface area contributed by atoms with E-state index in [4.69, 9.17) is 11.6 Å². The molecule has 0 aliphatic carbocycles. The van der Waals surface area contributed by atoms with Crippen molar-refractivity contribution >= 4 is 17.4 Å². The number of halogens is 1. The quantitative estimate of drug-likeness (QED) is 0.855. The summed E-state index contributed by atoms with van der Waals surface area (Å²) in [4.78, 5) is 6.58. The molecule has 3 heterocycles. The molecule has 0 N–H and O–H groups in total. The molecule has 0 radical (unpaired) electrons. The van der Waals surface area contributed by atoms with Gasteiger partial charge in [-0.1, -0.05) is 11.6 Å². The van der Waals surface area contributed by atoms with E-state index >= 15 is 0 Å². The van der Waals surface area contributed by atoms with Gasteiger partial charge in [-0.2, -0.15) is 10.4 Å². The Bertz CT molecular complexity index is 715. The van der Waals surface area contributed by atoms with Crippen LogP contribution in [0, 0.1) is 18.3 Å². The van der Waals surface area contributed by atoms with Crippen LogP contribution in [0.25, 0.3) is 0 Å². The molecule has 0 saturated carbocycles. The van der Waals surface area contributed by atoms with E-state index in [1.165, 1.54) is 0 Å². The molecule has 5 nitrogen and oxygen atoms in total. The van der Waals surface area contributed by atoms with E-state index in [2.05, 4.69) is 21.1 Å². The fraction of sp³-hybridized carbons (Fsp3) is 0.400. The van der Waals surface area contributed by atoms with Crippen LogP contribution in [0.4, 0.5) is 5.82 Å². The van der Waals surface area contributed by atoms with Crippen molar-refractivity contribution in [3.63, 3.8) is 0 Å². The number of hydrogen-bond donors (Lipinski definition) is 0. The summed E-state index contributed by atoms with van der Waals surface area (Å²) in [7, 11) is 1.85. The molecule has 1 aliphatic heterocycles. The van der Waals surface area contributed by atoms with E-state index in [0.29, 0.717) is 10.7 Å². The monoisotopic (exact) mass is 301 g/mol. The Labute approximate surface area is 128 Å². The van der Waals surface area contributed by atoms with Crippen LogP contribution < -0.4 is 4.90 Å². The average molecular weight is 302 g/mol. The van der Waals surface area contributed by atoms with E-state index in [0.717, 1.165) is 36.5 Å². The van der Waals surface area contributed by atoms with Crippen LogP contribution >= 0.6 is 11.6 Å². The summed E-state index contributed by atoms with van der Waals surface area (Å²) < 4.78 is 1.70. The molecule has 3 rings (SSSR count). The number of nitrogens with zero attached hydrogens (tertiary/aromatic N) is 5. The summed E-state index contributed by atoms with van der Waals surface area (Å²) in [5.74, 6) is 0.738. The van der Waals surface area contributed by atoms with Gasteiger partial charge in [0.25, 0.3) is 0 Å². The third kappa shape index (κ3) is 2.26. The van der Waals surface area contributed by atoms with Crippen molar-refractivity contribution in [1.82, 2.24) is 14.8 Å². The number of hydrogen-bond acceptors (Lipinski definition) is 4. The van der Waals surface area contributed by atoms with Crippen molar-refractivity contribution in [3.05, 3.63) is 40.3 Å². The van der Waals surface area contributed by atoms with Crippen LogP contribution in [0.2, 0.25) is 5.15 Å². The molecule has 1 aliphatic rings. The maximum Gasteiger partial charge on any atom is 0.146 e. The first-order valence-electron chi connectivity index (χ1n) is 6.94. The maximum atomic E-state index is 9.29. The van der Waals surface area contributed by atoms with Gasteiger partial charge >= 0.3 is 0 Å². The largest absolute Gasteiger partial charge is 0.348 e. The minimum absolute atomic E-state index is 0.133. The van der Waals surface area contributed by atoms with Gasteiger partial charge in [-0.05, 0) is 31.9 Å². The van der Waals surface area contributed by atoms with Gasteiger partial charge < -0.3 is 4.90 Å². The molecule has 0 amide bonds. The lowest BCUT2D eigenvalue weighted by atomic mass is 10.1. The molecule has 0 unspecified atom stereocenters. The van der Waals surface area contributed by atoms with Crippen LogP contribution in [0.5, 0.6) is 0 Å². The minimum atomic E-state index is 0.133. The Balaban J connectivity index is 2.06. The predicted molar refractivity (Wildman–Crippen MR) is 81.2 cm³/mol. The topological polar surface area (TPSA) is 57.7 Å². The first-order valence-corrected chi connectivity index (χ1v) is 7.32. The summed E-state index contributed by atoms with van der Waals surface area (Å²) >= 11 is 6.41. The fourth-order valence-electron chi connectivity index (χ4n) is 3.06. The highest BCUT2D eigenvalue weighted by atomic mass is 35.5. The van der Waals surface area contributed by atoms with Crippen LogP contribution in [-0.4, -0.2) is 21.3 Å². The number of aromatic nitrogens is 3. The van der Waals surface area contributed by atoms with Crippen LogP contribution in [0.15, 0.2) is 18.3 Å². The molecule has 0 bridgehead atoms. The predicted octanol–water partition coefficient (Wildman–Crippen LogP) is 2.99. The zero-order valence-electron chi connectivity index (χ0n) is 12.0. The number of nitriles is 1. The molecule has 1 fully saturated rings. The second-order valence-corrected chi connectivity index (χ2v) is 5.61. The Kier molecular flexibility index (Phi) is 3.56.